The summed E-state index contributed by atoms with van der Waals surface area (Å²) in [7, 11) is 1.52. The molecular formula is C16H23FN2O2. The molecule has 1 atom stereocenters. The van der Waals surface area contributed by atoms with Crippen LogP contribution in [0.2, 0.25) is 0 Å². The first-order valence-corrected chi connectivity index (χ1v) is 7.36. The van der Waals surface area contributed by atoms with Crippen molar-refractivity contribution in [3.05, 3.63) is 35.6 Å². The van der Waals surface area contributed by atoms with Gasteiger partial charge in [0.1, 0.15) is 11.9 Å². The second-order valence-electron chi connectivity index (χ2n) is 5.77. The highest BCUT2D eigenvalue weighted by Gasteiger charge is 2.36. The Bertz CT molecular complexity index is 470. The molecule has 1 fully saturated rings. The number of methoxy groups -OCH3 is 1. The Morgan fingerprint density at radius 2 is 2.00 bits per heavy atom. The molecule has 1 saturated carbocycles. The molecular weight excluding hydrogens is 271 g/mol. The molecule has 1 aliphatic rings. The van der Waals surface area contributed by atoms with Gasteiger partial charge in [-0.15, -0.1) is 0 Å². The molecule has 21 heavy (non-hydrogen) atoms. The molecule has 1 amide bonds. The topological polar surface area (TPSA) is 64.3 Å². The van der Waals surface area contributed by atoms with Crippen LogP contribution in [0.4, 0.5) is 4.39 Å². The third-order valence-electron chi connectivity index (χ3n) is 4.30. The number of nitrogens with one attached hydrogen (secondary N) is 1. The lowest BCUT2D eigenvalue weighted by molar-refractivity contribution is -0.123. The molecule has 0 aromatic heterocycles. The first-order valence-electron chi connectivity index (χ1n) is 7.36. The van der Waals surface area contributed by atoms with Crippen molar-refractivity contribution < 1.29 is 13.9 Å². The zero-order valence-corrected chi connectivity index (χ0v) is 12.4. The van der Waals surface area contributed by atoms with E-state index in [0.717, 1.165) is 31.2 Å². The van der Waals surface area contributed by atoms with Crippen molar-refractivity contribution >= 4 is 5.91 Å². The second kappa shape index (κ2) is 7.00. The standard InChI is InChI=1S/C16H23FN2O2/c1-21-10-14(18)15(20)19-11-16(8-2-3-9-16)12-4-6-13(17)7-5-12/h4-7,14H,2-3,8-11,18H2,1H3,(H,19,20). The van der Waals surface area contributed by atoms with Gasteiger partial charge in [-0.05, 0) is 30.5 Å². The van der Waals surface area contributed by atoms with Gasteiger partial charge in [0.2, 0.25) is 5.91 Å². The van der Waals surface area contributed by atoms with E-state index in [4.69, 9.17) is 10.5 Å². The molecule has 0 saturated heterocycles. The SMILES string of the molecule is COCC(N)C(=O)NCC1(c2ccc(F)cc2)CCCC1. The van der Waals surface area contributed by atoms with Crippen molar-refractivity contribution in [3.63, 3.8) is 0 Å². The molecule has 0 bridgehead atoms. The summed E-state index contributed by atoms with van der Waals surface area (Å²) in [5, 5.41) is 2.93. The maximum atomic E-state index is 13.1. The van der Waals surface area contributed by atoms with Crippen LogP contribution in [-0.4, -0.2) is 32.2 Å². The van der Waals surface area contributed by atoms with Gasteiger partial charge in [0.15, 0.2) is 0 Å². The van der Waals surface area contributed by atoms with Crippen LogP contribution < -0.4 is 11.1 Å². The molecule has 2 rings (SSSR count). The van der Waals surface area contributed by atoms with Crippen molar-refractivity contribution in [1.29, 1.82) is 0 Å². The Morgan fingerprint density at radius 3 is 2.57 bits per heavy atom. The number of rotatable bonds is 6. The largest absolute Gasteiger partial charge is 0.383 e. The molecule has 116 valence electrons. The molecule has 0 heterocycles. The van der Waals surface area contributed by atoms with Gasteiger partial charge in [-0.25, -0.2) is 4.39 Å². The van der Waals surface area contributed by atoms with Crippen molar-refractivity contribution in [1.82, 2.24) is 5.32 Å². The smallest absolute Gasteiger partial charge is 0.239 e. The molecule has 5 heteroatoms. The number of carbonyl (C=O) groups excluding carboxylic acids is 1. The van der Waals surface area contributed by atoms with E-state index >= 15 is 0 Å². The monoisotopic (exact) mass is 294 g/mol. The maximum absolute atomic E-state index is 13.1. The third kappa shape index (κ3) is 3.80. The summed E-state index contributed by atoms with van der Waals surface area (Å²) in [6, 6.07) is 5.95. The fraction of sp³-hybridized carbons (Fsp3) is 0.562. The Labute approximate surface area is 124 Å². The van der Waals surface area contributed by atoms with Crippen molar-refractivity contribution in [2.24, 2.45) is 5.73 Å². The number of amides is 1. The van der Waals surface area contributed by atoms with Gasteiger partial charge in [0.05, 0.1) is 6.61 Å². The summed E-state index contributed by atoms with van der Waals surface area (Å²) in [6.45, 7) is 0.740. The minimum Gasteiger partial charge on any atom is -0.383 e. The van der Waals surface area contributed by atoms with Crippen LogP contribution in [0.3, 0.4) is 0 Å². The van der Waals surface area contributed by atoms with Crippen LogP contribution in [-0.2, 0) is 14.9 Å². The Morgan fingerprint density at radius 1 is 1.38 bits per heavy atom. The summed E-state index contributed by atoms with van der Waals surface area (Å²) in [5.41, 5.74) is 6.71. The maximum Gasteiger partial charge on any atom is 0.239 e. The zero-order chi connectivity index (χ0) is 15.3. The number of halogens is 1. The van der Waals surface area contributed by atoms with Gasteiger partial charge >= 0.3 is 0 Å². The van der Waals surface area contributed by atoms with Crippen LogP contribution in [0.5, 0.6) is 0 Å². The fourth-order valence-electron chi connectivity index (χ4n) is 3.07. The Balaban J connectivity index is 2.05. The normalized spacial score (nSPS) is 18.4. The average Bonchev–Trinajstić information content (AvgIpc) is 2.96. The van der Waals surface area contributed by atoms with Crippen LogP contribution in [0.1, 0.15) is 31.2 Å². The first-order chi connectivity index (χ1) is 10.1. The summed E-state index contributed by atoms with van der Waals surface area (Å²) in [5.74, 6) is -0.441. The Kier molecular flexibility index (Phi) is 5.31. The minimum absolute atomic E-state index is 0.101. The fourth-order valence-corrected chi connectivity index (χ4v) is 3.07. The number of hydrogen-bond acceptors (Lipinski definition) is 3. The van der Waals surface area contributed by atoms with Crippen molar-refractivity contribution in [3.8, 4) is 0 Å². The lowest BCUT2D eigenvalue weighted by Gasteiger charge is -2.30. The van der Waals surface area contributed by atoms with Crippen LogP contribution in [0.15, 0.2) is 24.3 Å². The molecule has 0 spiro atoms. The van der Waals surface area contributed by atoms with Crippen LogP contribution in [0.25, 0.3) is 0 Å². The van der Waals surface area contributed by atoms with E-state index in [1.165, 1.54) is 19.2 Å². The van der Waals surface area contributed by atoms with E-state index in [2.05, 4.69) is 5.32 Å². The van der Waals surface area contributed by atoms with E-state index < -0.39 is 6.04 Å². The highest BCUT2D eigenvalue weighted by atomic mass is 19.1. The summed E-state index contributed by atoms with van der Waals surface area (Å²) < 4.78 is 18.0. The molecule has 1 aromatic rings. The minimum atomic E-state index is -0.651. The average molecular weight is 294 g/mol. The van der Waals surface area contributed by atoms with Gasteiger partial charge in [0, 0.05) is 19.1 Å². The molecule has 0 radical (unpaired) electrons. The summed E-state index contributed by atoms with van der Waals surface area (Å²) >= 11 is 0. The lowest BCUT2D eigenvalue weighted by Crippen LogP contribution is -2.47. The second-order valence-corrected chi connectivity index (χ2v) is 5.77. The molecule has 3 N–H and O–H groups in total. The van der Waals surface area contributed by atoms with E-state index in [1.54, 1.807) is 0 Å². The zero-order valence-electron chi connectivity index (χ0n) is 12.4. The van der Waals surface area contributed by atoms with E-state index in [9.17, 15) is 9.18 Å². The van der Waals surface area contributed by atoms with Crippen molar-refractivity contribution in [2.75, 3.05) is 20.3 Å². The van der Waals surface area contributed by atoms with Crippen molar-refractivity contribution in [2.45, 2.75) is 37.1 Å². The summed E-state index contributed by atoms with van der Waals surface area (Å²) in [6.07, 6.45) is 4.24. The first kappa shape index (κ1) is 15.9. The number of benzene rings is 1. The van der Waals surface area contributed by atoms with Gasteiger partial charge in [0.25, 0.3) is 0 Å². The molecule has 1 unspecified atom stereocenters. The Hall–Kier alpha value is -1.46. The van der Waals surface area contributed by atoms with Gasteiger partial charge in [-0.1, -0.05) is 25.0 Å². The van der Waals surface area contributed by atoms with Gasteiger partial charge in [-0.2, -0.15) is 0 Å². The highest BCUT2D eigenvalue weighted by molar-refractivity contribution is 5.81. The van der Waals surface area contributed by atoms with Gasteiger partial charge in [-0.3, -0.25) is 4.79 Å². The number of hydrogen-bond donors (Lipinski definition) is 2. The lowest BCUT2D eigenvalue weighted by atomic mass is 9.78. The third-order valence-corrected chi connectivity index (χ3v) is 4.30. The molecule has 0 aliphatic heterocycles. The molecule has 4 nitrogen and oxygen atoms in total. The predicted octanol–water partition coefficient (Wildman–Crippen LogP) is 1.73. The van der Waals surface area contributed by atoms with Crippen LogP contribution >= 0.6 is 0 Å². The number of carbonyl (C=O) groups is 1. The van der Waals surface area contributed by atoms with Gasteiger partial charge < -0.3 is 15.8 Å². The molecule has 1 aliphatic carbocycles. The number of ether oxygens (including phenoxy) is 1. The van der Waals surface area contributed by atoms with E-state index in [0.29, 0.717) is 6.54 Å². The number of nitrogens with two attached hydrogens (primary N) is 1. The van der Waals surface area contributed by atoms with E-state index in [-0.39, 0.29) is 23.7 Å². The van der Waals surface area contributed by atoms with E-state index in [1.807, 2.05) is 12.1 Å². The highest BCUT2D eigenvalue weighted by Crippen LogP contribution is 2.40. The molecule has 1 aromatic carbocycles. The van der Waals surface area contributed by atoms with Crippen LogP contribution in [0, 0.1) is 5.82 Å². The quantitative estimate of drug-likeness (QED) is 0.840. The predicted molar refractivity (Wildman–Crippen MR) is 79.4 cm³/mol. The summed E-state index contributed by atoms with van der Waals surface area (Å²) in [4.78, 5) is 11.9.